The molecule has 1 unspecified atom stereocenters. The molecule has 2 heterocycles. The second kappa shape index (κ2) is 6.19. The molecule has 1 atom stereocenters. The van der Waals surface area contributed by atoms with Crippen LogP contribution in [0.1, 0.15) is 34.1 Å². The lowest BCUT2D eigenvalue weighted by Crippen LogP contribution is -2.27. The molecule has 1 amide bonds. The molecule has 1 aromatic carbocycles. The van der Waals surface area contributed by atoms with E-state index in [1.165, 1.54) is 0 Å². The van der Waals surface area contributed by atoms with Crippen LogP contribution in [0, 0.1) is 6.92 Å². The molecule has 1 aliphatic rings. The molecule has 116 valence electrons. The molecular weight excluding hydrogens is 282 g/mol. The van der Waals surface area contributed by atoms with Crippen molar-refractivity contribution in [1.29, 1.82) is 0 Å². The maximum atomic E-state index is 12.2. The largest absolute Gasteiger partial charge is 0.476 e. The van der Waals surface area contributed by atoms with Gasteiger partial charge in [0.2, 0.25) is 5.88 Å². The van der Waals surface area contributed by atoms with Crippen molar-refractivity contribution < 1.29 is 14.6 Å². The number of hydrogen-bond donors (Lipinski definition) is 2. The molecule has 3 rings (SSSR count). The summed E-state index contributed by atoms with van der Waals surface area (Å²) in [6.45, 7) is 3.50. The molecule has 6 nitrogen and oxygen atoms in total. The van der Waals surface area contributed by atoms with Gasteiger partial charge in [0.1, 0.15) is 6.61 Å². The number of carbonyl (C=O) groups is 1. The van der Waals surface area contributed by atoms with Gasteiger partial charge in [-0.2, -0.15) is 5.10 Å². The van der Waals surface area contributed by atoms with Gasteiger partial charge in [-0.05, 0) is 18.9 Å². The number of carbonyl (C=O) groups excluding carboxylic acids is 1. The van der Waals surface area contributed by atoms with Crippen LogP contribution in [0.15, 0.2) is 30.3 Å². The van der Waals surface area contributed by atoms with Crippen molar-refractivity contribution in [2.24, 2.45) is 0 Å². The van der Waals surface area contributed by atoms with Crippen molar-refractivity contribution in [2.45, 2.75) is 26.0 Å². The van der Waals surface area contributed by atoms with Gasteiger partial charge in [0.05, 0.1) is 12.6 Å². The van der Waals surface area contributed by atoms with Crippen molar-refractivity contribution in [3.63, 3.8) is 0 Å². The van der Waals surface area contributed by atoms with E-state index < -0.39 is 6.10 Å². The van der Waals surface area contributed by atoms with E-state index >= 15 is 0 Å². The van der Waals surface area contributed by atoms with Crippen LogP contribution >= 0.6 is 0 Å². The summed E-state index contributed by atoms with van der Waals surface area (Å²) in [5.41, 5.74) is 2.00. The standard InChI is InChI=1S/C16H19N3O3/c1-11-14(18-19-9-10-22-16(11)19)15(21)17-8-7-13(20)12-5-3-2-4-6-12/h2-6,13,20H,7-10H2,1H3,(H,17,21). The van der Waals surface area contributed by atoms with Crippen molar-refractivity contribution in [1.82, 2.24) is 15.1 Å². The van der Waals surface area contributed by atoms with E-state index in [2.05, 4.69) is 10.4 Å². The van der Waals surface area contributed by atoms with E-state index in [9.17, 15) is 9.90 Å². The number of fused-ring (bicyclic) bond motifs is 1. The lowest BCUT2D eigenvalue weighted by Gasteiger charge is -2.11. The maximum absolute atomic E-state index is 12.2. The Hall–Kier alpha value is -2.34. The third-order valence-corrected chi connectivity index (χ3v) is 3.78. The highest BCUT2D eigenvalue weighted by Gasteiger charge is 2.24. The lowest BCUT2D eigenvalue weighted by molar-refractivity contribution is 0.0936. The normalized spacial score (nSPS) is 14.3. The Balaban J connectivity index is 1.55. The van der Waals surface area contributed by atoms with Crippen LogP contribution in [0.3, 0.4) is 0 Å². The van der Waals surface area contributed by atoms with E-state index in [-0.39, 0.29) is 5.91 Å². The molecule has 6 heteroatoms. The summed E-state index contributed by atoms with van der Waals surface area (Å²) in [6, 6.07) is 9.41. The highest BCUT2D eigenvalue weighted by Crippen LogP contribution is 2.25. The Morgan fingerprint density at radius 1 is 1.45 bits per heavy atom. The SMILES string of the molecule is Cc1c(C(=O)NCCC(O)c2ccccc2)nn2c1OCC2. The van der Waals surface area contributed by atoms with Crippen LogP contribution in [0.5, 0.6) is 5.88 Å². The summed E-state index contributed by atoms with van der Waals surface area (Å²) in [7, 11) is 0. The number of aliphatic hydroxyl groups excluding tert-OH is 1. The second-order valence-corrected chi connectivity index (χ2v) is 5.32. The summed E-state index contributed by atoms with van der Waals surface area (Å²) in [5.74, 6) is 0.442. The molecule has 1 aliphatic heterocycles. The molecule has 1 aromatic heterocycles. The van der Waals surface area contributed by atoms with Crippen LogP contribution in [0.4, 0.5) is 0 Å². The Labute approximate surface area is 128 Å². The van der Waals surface area contributed by atoms with Gasteiger partial charge in [0, 0.05) is 12.1 Å². The first-order valence-electron chi connectivity index (χ1n) is 7.38. The van der Waals surface area contributed by atoms with Gasteiger partial charge in [-0.25, -0.2) is 4.68 Å². The first kappa shape index (κ1) is 14.6. The topological polar surface area (TPSA) is 76.4 Å². The smallest absolute Gasteiger partial charge is 0.272 e. The van der Waals surface area contributed by atoms with Gasteiger partial charge >= 0.3 is 0 Å². The lowest BCUT2D eigenvalue weighted by atomic mass is 10.1. The van der Waals surface area contributed by atoms with Crippen molar-refractivity contribution in [3.05, 3.63) is 47.2 Å². The Morgan fingerprint density at radius 3 is 2.95 bits per heavy atom. The van der Waals surface area contributed by atoms with Crippen molar-refractivity contribution >= 4 is 5.91 Å². The summed E-state index contributed by atoms with van der Waals surface area (Å²) in [6.07, 6.45) is -0.128. The third kappa shape index (κ3) is 2.82. The fourth-order valence-electron chi connectivity index (χ4n) is 2.56. The van der Waals surface area contributed by atoms with Crippen molar-refractivity contribution in [2.75, 3.05) is 13.2 Å². The fraction of sp³-hybridized carbons (Fsp3) is 0.375. The molecule has 0 bridgehead atoms. The van der Waals surface area contributed by atoms with Crippen LogP contribution in [-0.4, -0.2) is 33.9 Å². The number of hydrogen-bond acceptors (Lipinski definition) is 4. The Kier molecular flexibility index (Phi) is 4.11. The van der Waals surface area contributed by atoms with E-state index in [1.807, 2.05) is 37.3 Å². The van der Waals surface area contributed by atoms with Gasteiger partial charge in [-0.15, -0.1) is 0 Å². The highest BCUT2D eigenvalue weighted by atomic mass is 16.5. The zero-order valence-electron chi connectivity index (χ0n) is 12.5. The van der Waals surface area contributed by atoms with Crippen LogP contribution in [-0.2, 0) is 6.54 Å². The predicted octanol–water partition coefficient (Wildman–Crippen LogP) is 1.44. The van der Waals surface area contributed by atoms with Gasteiger partial charge in [0.25, 0.3) is 5.91 Å². The number of benzene rings is 1. The van der Waals surface area contributed by atoms with E-state index in [1.54, 1.807) is 4.68 Å². The quantitative estimate of drug-likeness (QED) is 0.876. The molecule has 2 aromatic rings. The van der Waals surface area contributed by atoms with E-state index in [4.69, 9.17) is 4.74 Å². The van der Waals surface area contributed by atoms with Gasteiger partial charge in [-0.1, -0.05) is 30.3 Å². The molecule has 0 saturated heterocycles. The Bertz CT molecular complexity index is 667. The number of nitrogens with one attached hydrogen (secondary N) is 1. The molecule has 0 fully saturated rings. The zero-order valence-corrected chi connectivity index (χ0v) is 12.5. The van der Waals surface area contributed by atoms with E-state index in [0.717, 1.165) is 11.1 Å². The predicted molar refractivity (Wildman–Crippen MR) is 80.8 cm³/mol. The van der Waals surface area contributed by atoms with Gasteiger partial charge < -0.3 is 15.2 Å². The summed E-state index contributed by atoms with van der Waals surface area (Å²) in [4.78, 5) is 12.2. The number of rotatable bonds is 5. The minimum absolute atomic E-state index is 0.233. The van der Waals surface area contributed by atoms with Crippen LogP contribution in [0.2, 0.25) is 0 Å². The number of amides is 1. The first-order chi connectivity index (χ1) is 10.7. The first-order valence-corrected chi connectivity index (χ1v) is 7.38. The second-order valence-electron chi connectivity index (χ2n) is 5.32. The molecule has 0 spiro atoms. The number of nitrogens with zero attached hydrogens (tertiary/aromatic N) is 2. The molecular formula is C16H19N3O3. The molecule has 22 heavy (non-hydrogen) atoms. The van der Waals surface area contributed by atoms with Crippen LogP contribution in [0.25, 0.3) is 0 Å². The summed E-state index contributed by atoms with van der Waals surface area (Å²) < 4.78 is 7.15. The summed E-state index contributed by atoms with van der Waals surface area (Å²) in [5, 5.41) is 17.1. The zero-order chi connectivity index (χ0) is 15.5. The van der Waals surface area contributed by atoms with Crippen molar-refractivity contribution in [3.8, 4) is 5.88 Å². The van der Waals surface area contributed by atoms with E-state index in [0.29, 0.717) is 37.7 Å². The average molecular weight is 301 g/mol. The molecule has 0 radical (unpaired) electrons. The molecule has 0 saturated carbocycles. The third-order valence-electron chi connectivity index (χ3n) is 3.78. The minimum Gasteiger partial charge on any atom is -0.476 e. The van der Waals surface area contributed by atoms with Gasteiger partial charge in [0.15, 0.2) is 5.69 Å². The average Bonchev–Trinajstić information content (AvgIpc) is 3.11. The maximum Gasteiger partial charge on any atom is 0.272 e. The minimum atomic E-state index is -0.585. The number of aliphatic hydroxyl groups is 1. The number of ether oxygens (including phenoxy) is 1. The monoisotopic (exact) mass is 301 g/mol. The van der Waals surface area contributed by atoms with Crippen LogP contribution < -0.4 is 10.1 Å². The summed E-state index contributed by atoms with van der Waals surface area (Å²) >= 11 is 0. The van der Waals surface area contributed by atoms with Gasteiger partial charge in [-0.3, -0.25) is 4.79 Å². The fourth-order valence-corrected chi connectivity index (χ4v) is 2.56. The Morgan fingerprint density at radius 2 is 2.23 bits per heavy atom. The molecule has 0 aliphatic carbocycles. The number of aromatic nitrogens is 2. The molecule has 2 N–H and O–H groups in total. The highest BCUT2D eigenvalue weighted by molar-refractivity contribution is 5.94.